The van der Waals surface area contributed by atoms with Crippen LogP contribution >= 0.6 is 9.39 Å². The molecule has 0 aliphatic carbocycles. The predicted octanol–water partition coefficient (Wildman–Crippen LogP) is 2.13. The minimum Gasteiger partial charge on any atom is 0 e. The normalized spacial score (nSPS) is 4.31. The molecule has 0 aromatic heterocycles. The third-order valence-corrected chi connectivity index (χ3v) is 1.98. The van der Waals surface area contributed by atoms with Crippen LogP contribution in [0.3, 0.4) is 0 Å². The molecule has 0 bridgehead atoms. The molecule has 0 N–H and O–H groups in total. The molecule has 2 radical (unpaired) electrons. The van der Waals surface area contributed by atoms with Gasteiger partial charge in [0.15, 0.2) is 0 Å². The summed E-state index contributed by atoms with van der Waals surface area (Å²) in [6.07, 6.45) is 0. The van der Waals surface area contributed by atoms with E-state index in [2.05, 4.69) is 90.3 Å². The SMILES string of the molecule is CC(C)N([P-2])C(C)C.[C-]#[O+].[C-]#[O+].[C-]#[O+].[C-]#[O+].[C-]#[O+].[C-]#[O+].[C-]#[O+].[C-]#[O+].[Mn].[Mn]. The summed E-state index contributed by atoms with van der Waals surface area (Å²) in [5, 5.41) is 0. The van der Waals surface area contributed by atoms with E-state index in [0.29, 0.717) is 12.1 Å². The van der Waals surface area contributed by atoms with Gasteiger partial charge in [0.25, 0.3) is 0 Å². The standard InChI is InChI=1S/C6H14NP.8CO.2Mn/c1-5(2)7(8)6(3)4;8*1-2;;/h5-6H,1-4H3;;;;;;;;;;/q-2;;;;;;;;;;. The van der Waals surface area contributed by atoms with E-state index >= 15 is 0 Å². The Morgan fingerprint density at radius 2 is 0.538 bits per heavy atom. The van der Waals surface area contributed by atoms with E-state index in [1.165, 1.54) is 0 Å². The van der Waals surface area contributed by atoms with Crippen molar-refractivity contribution < 1.29 is 71.4 Å². The van der Waals surface area contributed by atoms with Crippen LogP contribution < -0.4 is 0 Å². The van der Waals surface area contributed by atoms with Gasteiger partial charge < -0.3 is 14.1 Å². The number of hydrogen-bond acceptors (Lipinski definition) is 1. The van der Waals surface area contributed by atoms with Crippen molar-refractivity contribution in [2.24, 2.45) is 0 Å². The predicted molar refractivity (Wildman–Crippen MR) is 70.5 cm³/mol. The molecule has 0 rings (SSSR count). The molecule has 0 saturated heterocycles. The quantitative estimate of drug-likeness (QED) is 0.260. The van der Waals surface area contributed by atoms with Gasteiger partial charge in [0, 0.05) is 34.1 Å². The fourth-order valence-electron chi connectivity index (χ4n) is 0.596. The summed E-state index contributed by atoms with van der Waals surface area (Å²) in [4.78, 5) is 0. The van der Waals surface area contributed by atoms with Crippen molar-refractivity contribution in [1.29, 1.82) is 0 Å². The zero-order valence-corrected chi connectivity index (χ0v) is 17.3. The first-order valence-corrected chi connectivity index (χ1v) is 5.06. The van der Waals surface area contributed by atoms with Gasteiger partial charge in [-0.25, -0.2) is 0 Å². The van der Waals surface area contributed by atoms with Gasteiger partial charge in [-0.1, -0.05) is 27.7 Å². The molecule has 0 aliphatic rings. The molecule has 0 aromatic carbocycles. The van der Waals surface area contributed by atoms with Crippen LogP contribution in [0.4, 0.5) is 0 Å². The Kier molecular flexibility index (Phi) is 535. The van der Waals surface area contributed by atoms with Crippen LogP contribution in [0.5, 0.6) is 0 Å². The molecule has 0 heterocycles. The molecule has 26 heavy (non-hydrogen) atoms. The molecule has 0 unspecified atom stereocenters. The molecule has 0 spiro atoms. The van der Waals surface area contributed by atoms with Gasteiger partial charge >= 0.3 is 90.4 Å². The van der Waals surface area contributed by atoms with Crippen LogP contribution in [0, 0.1) is 53.2 Å². The topological polar surface area (TPSA) is 162 Å². The molecule has 0 amide bonds. The van der Waals surface area contributed by atoms with E-state index in [-0.39, 0.29) is 34.1 Å². The molecular formula is C14H14Mn2NO8P-2. The minimum absolute atomic E-state index is 0. The van der Waals surface area contributed by atoms with Gasteiger partial charge in [0.1, 0.15) is 0 Å². The molecule has 0 atom stereocenters. The zero-order valence-electron chi connectivity index (χ0n) is 14.1. The Morgan fingerprint density at radius 3 is 0.538 bits per heavy atom. The fourth-order valence-corrected chi connectivity index (χ4v) is 0.596. The van der Waals surface area contributed by atoms with E-state index in [9.17, 15) is 0 Å². The van der Waals surface area contributed by atoms with Crippen LogP contribution in [-0.2, 0) is 71.4 Å². The van der Waals surface area contributed by atoms with Gasteiger partial charge in [0.05, 0.1) is 0 Å². The third kappa shape index (κ3) is 216. The first-order valence-electron chi connectivity index (χ1n) is 4.66. The summed E-state index contributed by atoms with van der Waals surface area (Å²) in [5.41, 5.74) is 0. The first kappa shape index (κ1) is 73.0. The fraction of sp³-hybridized carbons (Fsp3) is 0.429. The monoisotopic (exact) mass is 465 g/mol. The average molecular weight is 465 g/mol. The van der Waals surface area contributed by atoms with Crippen molar-refractivity contribution >= 4 is 9.39 Å². The average Bonchev–Trinajstić information content (AvgIpc) is 2.73. The molecule has 0 aromatic rings. The number of rotatable bonds is 2. The Hall–Kier alpha value is -0.651. The van der Waals surface area contributed by atoms with Gasteiger partial charge in [-0.15, -0.1) is 0 Å². The molecular weight excluding hydrogens is 451 g/mol. The molecule has 0 aliphatic heterocycles. The molecule has 0 fully saturated rings. The minimum atomic E-state index is 0. The summed E-state index contributed by atoms with van der Waals surface area (Å²) in [5.74, 6) is 0. The molecule has 9 nitrogen and oxygen atoms in total. The van der Waals surface area contributed by atoms with Crippen LogP contribution in [0.15, 0.2) is 0 Å². The van der Waals surface area contributed by atoms with Crippen molar-refractivity contribution in [3.8, 4) is 0 Å². The first-order chi connectivity index (χ1) is 11.6. The Balaban J connectivity index is -0.0000000120. The van der Waals surface area contributed by atoms with Crippen molar-refractivity contribution in [2.75, 3.05) is 0 Å². The number of nitrogens with zero attached hydrogens (tertiary/aromatic N) is 1. The van der Waals surface area contributed by atoms with Crippen molar-refractivity contribution in [3.63, 3.8) is 0 Å². The van der Waals surface area contributed by atoms with Crippen LogP contribution in [-0.4, -0.2) is 16.8 Å². The maximum atomic E-state index is 7.50. The van der Waals surface area contributed by atoms with Gasteiger partial charge in [-0.3, -0.25) is 0 Å². The summed E-state index contributed by atoms with van der Waals surface area (Å²) in [6.45, 7) is 44.5. The molecule has 0 saturated carbocycles. The van der Waals surface area contributed by atoms with Crippen LogP contribution in [0.25, 0.3) is 0 Å². The van der Waals surface area contributed by atoms with Gasteiger partial charge in [-0.05, 0) is 12.1 Å². The van der Waals surface area contributed by atoms with Crippen molar-refractivity contribution in [2.45, 2.75) is 39.8 Å². The Bertz CT molecular complexity index is 254. The second-order valence-electron chi connectivity index (χ2n) is 2.57. The van der Waals surface area contributed by atoms with Crippen LogP contribution in [0.2, 0.25) is 0 Å². The van der Waals surface area contributed by atoms with Gasteiger partial charge in [0.2, 0.25) is 0 Å². The van der Waals surface area contributed by atoms with Crippen LogP contribution in [0.1, 0.15) is 27.7 Å². The Morgan fingerprint density at radius 1 is 0.462 bits per heavy atom. The number of hydrogen-bond donors (Lipinski definition) is 0. The van der Waals surface area contributed by atoms with Crippen molar-refractivity contribution in [1.82, 2.24) is 4.67 Å². The third-order valence-electron chi connectivity index (χ3n) is 1.06. The maximum Gasteiger partial charge on any atom is 0 e. The molecule has 144 valence electrons. The summed E-state index contributed by atoms with van der Waals surface area (Å²) < 4.78 is 62.0. The van der Waals surface area contributed by atoms with Crippen molar-refractivity contribution in [3.05, 3.63) is 53.2 Å². The smallest absolute Gasteiger partial charge is 0 e. The summed E-state index contributed by atoms with van der Waals surface area (Å²) in [6, 6.07) is 1.08. The van der Waals surface area contributed by atoms with E-state index in [4.69, 9.17) is 37.2 Å². The largest absolute Gasteiger partial charge is 0 e. The Labute approximate surface area is 178 Å². The van der Waals surface area contributed by atoms with E-state index < -0.39 is 0 Å². The van der Waals surface area contributed by atoms with E-state index in [0.717, 1.165) is 0 Å². The summed E-state index contributed by atoms with van der Waals surface area (Å²) in [7, 11) is 4.25. The maximum absolute atomic E-state index is 7.50. The zero-order chi connectivity index (χ0) is 22.7. The van der Waals surface area contributed by atoms with Gasteiger partial charge in [-0.2, -0.15) is 0 Å². The van der Waals surface area contributed by atoms with E-state index in [1.54, 1.807) is 0 Å². The second kappa shape index (κ2) is 190. The summed E-state index contributed by atoms with van der Waals surface area (Å²) >= 11 is 0. The van der Waals surface area contributed by atoms with E-state index in [1.807, 2.05) is 4.67 Å². The molecule has 12 heteroatoms. The second-order valence-corrected chi connectivity index (χ2v) is 3.03.